The lowest BCUT2D eigenvalue weighted by molar-refractivity contribution is 0.564. The van der Waals surface area contributed by atoms with Crippen molar-refractivity contribution in [3.8, 4) is 11.1 Å². The van der Waals surface area contributed by atoms with Gasteiger partial charge < -0.3 is 0 Å². The number of aryl methyl sites for hydroxylation is 3. The van der Waals surface area contributed by atoms with E-state index in [2.05, 4.69) is 0 Å². The van der Waals surface area contributed by atoms with Gasteiger partial charge in [0.25, 0.3) is 0 Å². The standard InChI is InChI=1S/C22H19F3/c1-14-3-6-17(7-4-14)19-10-9-18(22(25)13-19)8-5-16-11-20(23)15(2)21(24)12-16/h3-4,6-7,9-13H,5,8H2,1-2H3. The first-order valence-corrected chi connectivity index (χ1v) is 8.24. The minimum Gasteiger partial charge on any atom is -0.207 e. The number of hydrogen-bond donors (Lipinski definition) is 0. The first-order chi connectivity index (χ1) is 11.9. The summed E-state index contributed by atoms with van der Waals surface area (Å²) in [5.41, 5.74) is 4.00. The van der Waals surface area contributed by atoms with Gasteiger partial charge in [0.1, 0.15) is 17.5 Å². The monoisotopic (exact) mass is 340 g/mol. The second-order valence-corrected chi connectivity index (χ2v) is 6.36. The molecule has 0 nitrogen and oxygen atoms in total. The molecule has 0 N–H and O–H groups in total. The van der Waals surface area contributed by atoms with Crippen molar-refractivity contribution in [1.29, 1.82) is 0 Å². The summed E-state index contributed by atoms with van der Waals surface area (Å²) < 4.78 is 41.6. The summed E-state index contributed by atoms with van der Waals surface area (Å²) in [6.45, 7) is 3.40. The third kappa shape index (κ3) is 3.93. The topological polar surface area (TPSA) is 0 Å². The first-order valence-electron chi connectivity index (χ1n) is 8.24. The highest BCUT2D eigenvalue weighted by atomic mass is 19.1. The van der Waals surface area contributed by atoms with Crippen LogP contribution in [-0.2, 0) is 12.8 Å². The zero-order valence-corrected chi connectivity index (χ0v) is 14.2. The summed E-state index contributed by atoms with van der Waals surface area (Å²) in [5, 5.41) is 0. The highest BCUT2D eigenvalue weighted by Gasteiger charge is 2.09. The molecule has 0 unspecified atom stereocenters. The zero-order valence-electron chi connectivity index (χ0n) is 14.2. The molecule has 128 valence electrons. The molecule has 0 saturated carbocycles. The lowest BCUT2D eigenvalue weighted by Gasteiger charge is -2.08. The van der Waals surface area contributed by atoms with Crippen molar-refractivity contribution >= 4 is 0 Å². The third-order valence-electron chi connectivity index (χ3n) is 4.46. The lowest BCUT2D eigenvalue weighted by atomic mass is 9.98. The Kier molecular flexibility index (Phi) is 4.93. The van der Waals surface area contributed by atoms with Crippen molar-refractivity contribution in [3.63, 3.8) is 0 Å². The molecule has 0 bridgehead atoms. The Hall–Kier alpha value is -2.55. The quantitative estimate of drug-likeness (QED) is 0.532. The molecule has 0 aliphatic heterocycles. The van der Waals surface area contributed by atoms with E-state index >= 15 is 0 Å². The number of hydrogen-bond acceptors (Lipinski definition) is 0. The molecule has 3 aromatic carbocycles. The minimum absolute atomic E-state index is 0.0115. The van der Waals surface area contributed by atoms with Crippen molar-refractivity contribution in [2.75, 3.05) is 0 Å². The van der Waals surface area contributed by atoms with Crippen LogP contribution in [0.4, 0.5) is 13.2 Å². The smallest absolute Gasteiger partial charge is 0.129 e. The Morgan fingerprint density at radius 1 is 0.640 bits per heavy atom. The van der Waals surface area contributed by atoms with E-state index in [0.29, 0.717) is 24.0 Å². The van der Waals surface area contributed by atoms with Crippen molar-refractivity contribution in [2.45, 2.75) is 26.7 Å². The predicted molar refractivity (Wildman–Crippen MR) is 95.1 cm³/mol. The van der Waals surface area contributed by atoms with Gasteiger partial charge in [0.2, 0.25) is 0 Å². The van der Waals surface area contributed by atoms with E-state index in [0.717, 1.165) is 16.7 Å². The molecule has 0 fully saturated rings. The van der Waals surface area contributed by atoms with Crippen LogP contribution in [0.5, 0.6) is 0 Å². The largest absolute Gasteiger partial charge is 0.207 e. The third-order valence-corrected chi connectivity index (χ3v) is 4.46. The first kappa shape index (κ1) is 17.3. The second-order valence-electron chi connectivity index (χ2n) is 6.36. The zero-order chi connectivity index (χ0) is 18.0. The maximum atomic E-state index is 14.4. The molecule has 25 heavy (non-hydrogen) atoms. The fourth-order valence-electron chi connectivity index (χ4n) is 2.80. The summed E-state index contributed by atoms with van der Waals surface area (Å²) in [6, 6.07) is 15.7. The van der Waals surface area contributed by atoms with Gasteiger partial charge in [-0.1, -0.05) is 42.0 Å². The predicted octanol–water partition coefficient (Wildman–Crippen LogP) is 6.17. The fraction of sp³-hybridized carbons (Fsp3) is 0.182. The molecule has 0 heterocycles. The van der Waals surface area contributed by atoms with Gasteiger partial charge in [0, 0.05) is 5.56 Å². The van der Waals surface area contributed by atoms with Crippen LogP contribution in [0, 0.1) is 31.3 Å². The van der Waals surface area contributed by atoms with Crippen LogP contribution in [0.3, 0.4) is 0 Å². The van der Waals surface area contributed by atoms with Crippen LogP contribution >= 0.6 is 0 Å². The summed E-state index contributed by atoms with van der Waals surface area (Å²) in [6.07, 6.45) is 0.775. The fourth-order valence-corrected chi connectivity index (χ4v) is 2.80. The summed E-state index contributed by atoms with van der Waals surface area (Å²) in [4.78, 5) is 0. The van der Waals surface area contributed by atoms with Gasteiger partial charge in [-0.3, -0.25) is 0 Å². The van der Waals surface area contributed by atoms with Crippen LogP contribution in [-0.4, -0.2) is 0 Å². The van der Waals surface area contributed by atoms with E-state index < -0.39 is 11.6 Å². The van der Waals surface area contributed by atoms with Crippen LogP contribution < -0.4 is 0 Å². The van der Waals surface area contributed by atoms with Crippen LogP contribution in [0.25, 0.3) is 11.1 Å². The van der Waals surface area contributed by atoms with Crippen LogP contribution in [0.2, 0.25) is 0 Å². The SMILES string of the molecule is Cc1ccc(-c2ccc(CCc3cc(F)c(C)c(F)c3)c(F)c2)cc1. The molecule has 0 aliphatic carbocycles. The van der Waals surface area contributed by atoms with Crippen molar-refractivity contribution in [3.05, 3.63) is 94.3 Å². The average Bonchev–Trinajstić information content (AvgIpc) is 2.59. The van der Waals surface area contributed by atoms with Gasteiger partial charge in [-0.25, -0.2) is 13.2 Å². The van der Waals surface area contributed by atoms with E-state index in [9.17, 15) is 13.2 Å². The maximum Gasteiger partial charge on any atom is 0.129 e. The van der Waals surface area contributed by atoms with E-state index in [1.54, 1.807) is 6.07 Å². The normalized spacial score (nSPS) is 10.9. The summed E-state index contributed by atoms with van der Waals surface area (Å²) in [7, 11) is 0. The van der Waals surface area contributed by atoms with E-state index in [1.165, 1.54) is 25.1 Å². The van der Waals surface area contributed by atoms with Gasteiger partial charge >= 0.3 is 0 Å². The van der Waals surface area contributed by atoms with Crippen LogP contribution in [0.15, 0.2) is 54.6 Å². The van der Waals surface area contributed by atoms with Gasteiger partial charge in [-0.2, -0.15) is 0 Å². The summed E-state index contributed by atoms with van der Waals surface area (Å²) in [5.74, 6) is -1.43. The van der Waals surface area contributed by atoms with E-state index in [4.69, 9.17) is 0 Å². The number of rotatable bonds is 4. The molecule has 0 atom stereocenters. The summed E-state index contributed by atoms with van der Waals surface area (Å²) >= 11 is 0. The Morgan fingerprint density at radius 2 is 1.24 bits per heavy atom. The molecule has 0 spiro atoms. The second kappa shape index (κ2) is 7.14. The molecule has 0 aliphatic rings. The Labute approximate surface area is 146 Å². The molecule has 3 heteroatoms. The molecular weight excluding hydrogens is 321 g/mol. The highest BCUT2D eigenvalue weighted by molar-refractivity contribution is 5.64. The van der Waals surface area contributed by atoms with Gasteiger partial charge in [0.05, 0.1) is 0 Å². The number of halogens is 3. The van der Waals surface area contributed by atoms with Gasteiger partial charge in [-0.15, -0.1) is 0 Å². The maximum absolute atomic E-state index is 14.4. The van der Waals surface area contributed by atoms with Gasteiger partial charge in [-0.05, 0) is 67.1 Å². The molecular formula is C22H19F3. The molecule has 0 saturated heterocycles. The molecule has 3 rings (SSSR count). The van der Waals surface area contributed by atoms with Crippen molar-refractivity contribution in [2.24, 2.45) is 0 Å². The molecule has 0 aromatic heterocycles. The highest BCUT2D eigenvalue weighted by Crippen LogP contribution is 2.23. The van der Waals surface area contributed by atoms with Crippen molar-refractivity contribution < 1.29 is 13.2 Å². The minimum atomic E-state index is -0.565. The molecule has 0 amide bonds. The van der Waals surface area contributed by atoms with Gasteiger partial charge in [0.15, 0.2) is 0 Å². The Morgan fingerprint density at radius 3 is 1.84 bits per heavy atom. The Bertz CT molecular complexity index is 873. The Balaban J connectivity index is 1.76. The number of benzene rings is 3. The van der Waals surface area contributed by atoms with Crippen LogP contribution in [0.1, 0.15) is 22.3 Å². The van der Waals surface area contributed by atoms with E-state index in [1.807, 2.05) is 37.3 Å². The van der Waals surface area contributed by atoms with Crippen molar-refractivity contribution in [1.82, 2.24) is 0 Å². The lowest BCUT2D eigenvalue weighted by Crippen LogP contribution is -1.98. The van der Waals surface area contributed by atoms with E-state index in [-0.39, 0.29) is 11.4 Å². The average molecular weight is 340 g/mol. The molecule has 3 aromatic rings. The molecule has 0 radical (unpaired) electrons.